The Morgan fingerprint density at radius 3 is 3.21 bits per heavy atom. The lowest BCUT2D eigenvalue weighted by Crippen LogP contribution is -2.36. The number of nitrogens with one attached hydrogen (secondary N) is 2. The Morgan fingerprint density at radius 1 is 1.46 bits per heavy atom. The van der Waals surface area contributed by atoms with Crippen molar-refractivity contribution in [3.8, 4) is 0 Å². The van der Waals surface area contributed by atoms with Crippen LogP contribution in [0.4, 0.5) is 10.5 Å². The van der Waals surface area contributed by atoms with E-state index in [1.165, 1.54) is 16.8 Å². The summed E-state index contributed by atoms with van der Waals surface area (Å²) in [5.74, 6) is 0. The van der Waals surface area contributed by atoms with Gasteiger partial charge in [-0.15, -0.1) is 0 Å². The number of ether oxygens (including phenoxy) is 1. The molecule has 2 N–H and O–H groups in total. The van der Waals surface area contributed by atoms with Crippen LogP contribution in [0.15, 0.2) is 30.5 Å². The van der Waals surface area contributed by atoms with Gasteiger partial charge in [0.25, 0.3) is 0 Å². The lowest BCUT2D eigenvalue weighted by atomic mass is 9.92. The van der Waals surface area contributed by atoms with Crippen molar-refractivity contribution in [3.05, 3.63) is 47.3 Å². The van der Waals surface area contributed by atoms with Crippen molar-refractivity contribution < 1.29 is 9.53 Å². The molecule has 1 aliphatic heterocycles. The Kier molecular flexibility index (Phi) is 3.98. The van der Waals surface area contributed by atoms with E-state index in [0.717, 1.165) is 24.9 Å². The van der Waals surface area contributed by atoms with Gasteiger partial charge in [-0.1, -0.05) is 12.1 Å². The highest BCUT2D eigenvalue weighted by Crippen LogP contribution is 2.25. The van der Waals surface area contributed by atoms with Gasteiger partial charge in [-0.3, -0.25) is 10.00 Å². The van der Waals surface area contributed by atoms with Crippen molar-refractivity contribution >= 4 is 11.8 Å². The third-order valence-electron chi connectivity index (χ3n) is 4.95. The molecule has 126 valence electrons. The molecule has 0 bridgehead atoms. The van der Waals surface area contributed by atoms with Crippen LogP contribution in [0.3, 0.4) is 0 Å². The van der Waals surface area contributed by atoms with E-state index in [-0.39, 0.29) is 12.1 Å². The molecule has 24 heavy (non-hydrogen) atoms. The van der Waals surface area contributed by atoms with Gasteiger partial charge in [-0.05, 0) is 49.4 Å². The van der Waals surface area contributed by atoms with Gasteiger partial charge in [-0.2, -0.15) is 5.10 Å². The summed E-state index contributed by atoms with van der Waals surface area (Å²) in [6.07, 6.45) is 4.84. The summed E-state index contributed by atoms with van der Waals surface area (Å²) < 4.78 is 5.03. The number of carbonyl (C=O) groups excluding carboxylic acids is 1. The molecule has 0 unspecified atom stereocenters. The summed E-state index contributed by atoms with van der Waals surface area (Å²) in [7, 11) is 0. The highest BCUT2D eigenvalue weighted by molar-refractivity contribution is 5.89. The normalized spacial score (nSPS) is 21.5. The molecule has 1 aliphatic carbocycles. The van der Waals surface area contributed by atoms with Crippen LogP contribution < -0.4 is 10.2 Å². The first kappa shape index (κ1) is 15.2. The Bertz CT molecular complexity index is 742. The molecule has 1 amide bonds. The van der Waals surface area contributed by atoms with E-state index in [0.29, 0.717) is 19.2 Å². The van der Waals surface area contributed by atoms with Gasteiger partial charge in [-0.25, -0.2) is 4.79 Å². The van der Waals surface area contributed by atoms with E-state index in [4.69, 9.17) is 4.74 Å². The predicted molar refractivity (Wildman–Crippen MR) is 91.1 cm³/mol. The molecule has 0 saturated carbocycles. The Morgan fingerprint density at radius 2 is 2.38 bits per heavy atom. The van der Waals surface area contributed by atoms with Crippen LogP contribution in [-0.4, -0.2) is 35.5 Å². The average molecular weight is 326 g/mol. The minimum absolute atomic E-state index is 0.224. The van der Waals surface area contributed by atoms with E-state index < -0.39 is 0 Å². The lowest BCUT2D eigenvalue weighted by Gasteiger charge is -2.27. The third-order valence-corrected chi connectivity index (χ3v) is 4.95. The largest absolute Gasteiger partial charge is 0.447 e. The molecule has 2 atom stereocenters. The maximum Gasteiger partial charge on any atom is 0.414 e. The zero-order chi connectivity index (χ0) is 16.5. The molecule has 0 radical (unpaired) electrons. The number of H-pyrrole nitrogens is 1. The summed E-state index contributed by atoms with van der Waals surface area (Å²) in [6, 6.07) is 8.82. The van der Waals surface area contributed by atoms with E-state index in [2.05, 4.69) is 34.6 Å². The number of aromatic nitrogens is 2. The standard InChI is InChI=1S/C18H22N4O2/c1-12(20-15-5-6-17-14(9-15)11-19-21-17)13-3-2-4-16(10-13)22-7-8-24-18(22)23/h2-4,10-12,15,20H,5-9H2,1H3,(H,19,21)/t12-,15+/m1/s1. The second kappa shape index (κ2) is 6.28. The first-order valence-corrected chi connectivity index (χ1v) is 8.52. The smallest absolute Gasteiger partial charge is 0.414 e. The summed E-state index contributed by atoms with van der Waals surface area (Å²) in [5.41, 5.74) is 4.68. The molecular formula is C18H22N4O2. The molecule has 1 aromatic carbocycles. The van der Waals surface area contributed by atoms with Gasteiger partial charge in [0.2, 0.25) is 0 Å². The quantitative estimate of drug-likeness (QED) is 0.906. The van der Waals surface area contributed by atoms with Gasteiger partial charge >= 0.3 is 6.09 Å². The topological polar surface area (TPSA) is 70.2 Å². The van der Waals surface area contributed by atoms with Crippen LogP contribution in [0.1, 0.15) is 36.2 Å². The minimum atomic E-state index is -0.257. The monoisotopic (exact) mass is 326 g/mol. The number of anilines is 1. The van der Waals surface area contributed by atoms with Gasteiger partial charge in [0.05, 0.1) is 12.7 Å². The average Bonchev–Trinajstić information content (AvgIpc) is 3.23. The number of carbonyl (C=O) groups is 1. The maximum absolute atomic E-state index is 11.7. The molecule has 0 spiro atoms. The fraction of sp³-hybridized carbons (Fsp3) is 0.444. The second-order valence-corrected chi connectivity index (χ2v) is 6.56. The summed E-state index contributed by atoms with van der Waals surface area (Å²) in [4.78, 5) is 13.4. The lowest BCUT2D eigenvalue weighted by molar-refractivity contribution is 0.181. The number of hydrogen-bond donors (Lipinski definition) is 2. The number of benzene rings is 1. The zero-order valence-corrected chi connectivity index (χ0v) is 13.8. The summed E-state index contributed by atoms with van der Waals surface area (Å²) >= 11 is 0. The third kappa shape index (κ3) is 2.89. The van der Waals surface area contributed by atoms with Gasteiger partial charge in [0.15, 0.2) is 0 Å². The fourth-order valence-corrected chi connectivity index (χ4v) is 3.60. The summed E-state index contributed by atoms with van der Waals surface area (Å²) in [6.45, 7) is 3.26. The molecule has 2 heterocycles. The van der Waals surface area contributed by atoms with Crippen LogP contribution in [-0.2, 0) is 17.6 Å². The molecule has 1 saturated heterocycles. The van der Waals surface area contributed by atoms with Gasteiger partial charge in [0.1, 0.15) is 6.61 Å². The van der Waals surface area contributed by atoms with E-state index in [9.17, 15) is 4.79 Å². The molecule has 6 nitrogen and oxygen atoms in total. The molecule has 1 aromatic heterocycles. The molecule has 2 aliphatic rings. The zero-order valence-electron chi connectivity index (χ0n) is 13.8. The fourth-order valence-electron chi connectivity index (χ4n) is 3.60. The van der Waals surface area contributed by atoms with Crippen molar-refractivity contribution in [3.63, 3.8) is 0 Å². The molecule has 6 heteroatoms. The molecule has 2 aromatic rings. The highest BCUT2D eigenvalue weighted by Gasteiger charge is 2.25. The highest BCUT2D eigenvalue weighted by atomic mass is 16.6. The van der Waals surface area contributed by atoms with E-state index in [1.807, 2.05) is 18.3 Å². The van der Waals surface area contributed by atoms with Crippen molar-refractivity contribution in [2.75, 3.05) is 18.1 Å². The van der Waals surface area contributed by atoms with Crippen LogP contribution in [0.5, 0.6) is 0 Å². The molecular weight excluding hydrogens is 304 g/mol. The SMILES string of the molecule is C[C@@H](N[C@H]1CCc2[nH]ncc2C1)c1cccc(N2CCOC2=O)c1. The van der Waals surface area contributed by atoms with Crippen LogP contribution >= 0.6 is 0 Å². The Hall–Kier alpha value is -2.34. The number of aromatic amines is 1. The van der Waals surface area contributed by atoms with E-state index in [1.54, 1.807) is 4.90 Å². The van der Waals surface area contributed by atoms with Gasteiger partial charge < -0.3 is 10.1 Å². The Balaban J connectivity index is 1.45. The number of amides is 1. The van der Waals surface area contributed by atoms with Crippen LogP contribution in [0, 0.1) is 0 Å². The number of fused-ring (bicyclic) bond motifs is 1. The van der Waals surface area contributed by atoms with Crippen LogP contribution in [0.2, 0.25) is 0 Å². The van der Waals surface area contributed by atoms with E-state index >= 15 is 0 Å². The number of rotatable bonds is 4. The van der Waals surface area contributed by atoms with Gasteiger partial charge in [0, 0.05) is 23.5 Å². The Labute approximate surface area is 141 Å². The number of aryl methyl sites for hydroxylation is 1. The predicted octanol–water partition coefficient (Wildman–Crippen LogP) is 2.57. The molecule has 4 rings (SSSR count). The van der Waals surface area contributed by atoms with Crippen molar-refractivity contribution in [1.29, 1.82) is 0 Å². The summed E-state index contributed by atoms with van der Waals surface area (Å²) in [5, 5.41) is 10.9. The van der Waals surface area contributed by atoms with Crippen molar-refractivity contribution in [1.82, 2.24) is 15.5 Å². The number of hydrogen-bond acceptors (Lipinski definition) is 4. The van der Waals surface area contributed by atoms with Crippen LogP contribution in [0.25, 0.3) is 0 Å². The van der Waals surface area contributed by atoms with Crippen molar-refractivity contribution in [2.24, 2.45) is 0 Å². The number of cyclic esters (lactones) is 1. The number of nitrogens with zero attached hydrogens (tertiary/aromatic N) is 2. The second-order valence-electron chi connectivity index (χ2n) is 6.56. The minimum Gasteiger partial charge on any atom is -0.447 e. The first-order chi connectivity index (χ1) is 11.7. The first-order valence-electron chi connectivity index (χ1n) is 8.52. The molecule has 1 fully saturated rings. The van der Waals surface area contributed by atoms with Crippen molar-refractivity contribution in [2.45, 2.75) is 38.3 Å². The maximum atomic E-state index is 11.7.